The Balaban J connectivity index is 3.73. The fraction of sp³-hybridized carbons (Fsp3) is 0.667. The van der Waals surface area contributed by atoms with E-state index in [4.69, 9.17) is 5.53 Å². The summed E-state index contributed by atoms with van der Waals surface area (Å²) >= 11 is 0. The van der Waals surface area contributed by atoms with Gasteiger partial charge >= 0.3 is 0 Å². The zero-order valence-corrected chi connectivity index (χ0v) is 6.26. The Hall–Kier alpha value is -0.930. The summed E-state index contributed by atoms with van der Waals surface area (Å²) in [5.41, 5.74) is 7.15. The van der Waals surface area contributed by atoms with Gasteiger partial charge in [0.2, 0.25) is 0 Å². The van der Waals surface area contributed by atoms with Crippen molar-refractivity contribution in [3.63, 3.8) is 0 Å². The van der Waals surface area contributed by atoms with Crippen molar-refractivity contribution < 1.29 is 4.39 Å². The third-order valence-electron chi connectivity index (χ3n) is 1.02. The van der Waals surface area contributed by atoms with E-state index in [0.717, 1.165) is 0 Å². The largest absolute Gasteiger partial charge is 0.376 e. The van der Waals surface area contributed by atoms with Crippen molar-refractivity contribution in [3.05, 3.63) is 11.9 Å². The van der Waals surface area contributed by atoms with Crippen LogP contribution < -0.4 is 0 Å². The van der Waals surface area contributed by atoms with Crippen LogP contribution in [0.2, 0.25) is 0 Å². The lowest BCUT2D eigenvalue weighted by molar-refractivity contribution is 0.370. The van der Waals surface area contributed by atoms with E-state index in [9.17, 15) is 4.39 Å². The van der Waals surface area contributed by atoms with Crippen LogP contribution in [0.3, 0.4) is 0 Å². The number of alkyl halides is 1. The molecule has 0 unspecified atom stereocenters. The van der Waals surface area contributed by atoms with Crippen LogP contribution in [0, 0.1) is 5.53 Å². The summed E-state index contributed by atoms with van der Waals surface area (Å²) in [6.45, 7) is 1.67. The molecule has 0 aromatic carbocycles. The van der Waals surface area contributed by atoms with Gasteiger partial charge in [-0.15, -0.1) is 0 Å². The zero-order valence-electron chi connectivity index (χ0n) is 6.26. The fourth-order valence-electron chi connectivity index (χ4n) is 0.546. The minimum atomic E-state index is -0.377. The van der Waals surface area contributed by atoms with Crippen molar-refractivity contribution in [1.29, 1.82) is 5.53 Å². The molecule has 0 fully saturated rings. The topological polar surface area (TPSA) is 39.5 Å². The van der Waals surface area contributed by atoms with Gasteiger partial charge in [0.05, 0.1) is 5.70 Å². The molecule has 58 valence electrons. The first-order chi connectivity index (χ1) is 4.70. The van der Waals surface area contributed by atoms with Gasteiger partial charge in [-0.1, -0.05) is 0 Å². The highest BCUT2D eigenvalue weighted by molar-refractivity contribution is 4.92. The minimum Gasteiger partial charge on any atom is -0.376 e. The Kier molecular flexibility index (Phi) is 4.45. The quantitative estimate of drug-likeness (QED) is 0.602. The molecule has 0 amide bonds. The molecular weight excluding hydrogens is 133 g/mol. The van der Waals surface area contributed by atoms with Crippen LogP contribution >= 0.6 is 0 Å². The van der Waals surface area contributed by atoms with E-state index >= 15 is 0 Å². The molecule has 0 heterocycles. The van der Waals surface area contributed by atoms with Gasteiger partial charge in [0, 0.05) is 19.8 Å². The zero-order chi connectivity index (χ0) is 7.98. The highest BCUT2D eigenvalue weighted by atomic mass is 19.1. The number of hydrogen-bond acceptors (Lipinski definition) is 3. The number of hydrogen-bond donors (Lipinski definition) is 1. The van der Waals surface area contributed by atoms with Gasteiger partial charge in [0.15, 0.2) is 0 Å². The molecule has 0 saturated heterocycles. The Morgan fingerprint density at radius 1 is 1.80 bits per heavy atom. The monoisotopic (exact) mass is 145 g/mol. The lowest BCUT2D eigenvalue weighted by Gasteiger charge is -2.10. The van der Waals surface area contributed by atoms with Gasteiger partial charge in [0.25, 0.3) is 0 Å². The molecular formula is C6H12FN3. The molecule has 0 aliphatic carbocycles. The molecule has 0 spiro atoms. The molecule has 0 saturated carbocycles. The van der Waals surface area contributed by atoms with E-state index < -0.39 is 0 Å². The van der Waals surface area contributed by atoms with Crippen LogP contribution in [0.15, 0.2) is 17.0 Å². The SMILES string of the molecule is C/C(=C/N(C)CCF)N=N. The van der Waals surface area contributed by atoms with Gasteiger partial charge in [-0.3, -0.25) is 0 Å². The van der Waals surface area contributed by atoms with E-state index in [1.165, 1.54) is 0 Å². The average molecular weight is 145 g/mol. The number of rotatable bonds is 4. The minimum absolute atomic E-state index is 0.354. The summed E-state index contributed by atoms with van der Waals surface area (Å²) in [5.74, 6) is 0. The molecule has 0 aromatic heterocycles. The van der Waals surface area contributed by atoms with Crippen molar-refractivity contribution in [3.8, 4) is 0 Å². The van der Waals surface area contributed by atoms with Crippen LogP contribution in [0.25, 0.3) is 0 Å². The van der Waals surface area contributed by atoms with Gasteiger partial charge < -0.3 is 4.90 Å². The third-order valence-corrected chi connectivity index (χ3v) is 1.02. The Morgan fingerprint density at radius 3 is 2.80 bits per heavy atom. The van der Waals surface area contributed by atoms with E-state index in [0.29, 0.717) is 12.2 Å². The number of nitrogens with one attached hydrogen (secondary N) is 1. The van der Waals surface area contributed by atoms with Crippen LogP contribution in [-0.2, 0) is 0 Å². The van der Waals surface area contributed by atoms with Gasteiger partial charge in [-0.2, -0.15) is 5.11 Å². The second-order valence-electron chi connectivity index (χ2n) is 2.05. The van der Waals surface area contributed by atoms with Crippen LogP contribution in [0.1, 0.15) is 6.92 Å². The molecule has 10 heavy (non-hydrogen) atoms. The maximum Gasteiger partial charge on any atom is 0.107 e. The summed E-state index contributed by atoms with van der Waals surface area (Å²) in [5, 5.41) is 3.16. The van der Waals surface area contributed by atoms with Crippen molar-refractivity contribution >= 4 is 0 Å². The molecule has 3 nitrogen and oxygen atoms in total. The fourth-order valence-corrected chi connectivity index (χ4v) is 0.546. The smallest absolute Gasteiger partial charge is 0.107 e. The predicted molar refractivity (Wildman–Crippen MR) is 37.5 cm³/mol. The summed E-state index contributed by atoms with van der Waals surface area (Å²) < 4.78 is 11.6. The van der Waals surface area contributed by atoms with Crippen LogP contribution in [-0.4, -0.2) is 25.2 Å². The molecule has 0 radical (unpaired) electrons. The molecule has 4 heteroatoms. The lowest BCUT2D eigenvalue weighted by atomic mass is 10.5. The van der Waals surface area contributed by atoms with Crippen molar-refractivity contribution in [2.45, 2.75) is 6.92 Å². The van der Waals surface area contributed by atoms with Crippen LogP contribution in [0.5, 0.6) is 0 Å². The number of allylic oxidation sites excluding steroid dienone is 1. The van der Waals surface area contributed by atoms with Gasteiger partial charge in [-0.05, 0) is 6.92 Å². The van der Waals surface area contributed by atoms with Gasteiger partial charge in [-0.25, -0.2) is 9.92 Å². The summed E-state index contributed by atoms with van der Waals surface area (Å²) in [4.78, 5) is 1.66. The van der Waals surface area contributed by atoms with E-state index in [-0.39, 0.29) is 6.67 Å². The normalized spacial score (nSPS) is 11.3. The first kappa shape index (κ1) is 9.07. The molecule has 0 bridgehead atoms. The summed E-state index contributed by atoms with van der Waals surface area (Å²) in [7, 11) is 1.74. The second-order valence-corrected chi connectivity index (χ2v) is 2.05. The van der Waals surface area contributed by atoms with Crippen LogP contribution in [0.4, 0.5) is 4.39 Å². The molecule has 0 aromatic rings. The number of nitrogens with zero attached hydrogens (tertiary/aromatic N) is 2. The maximum atomic E-state index is 11.6. The molecule has 0 atom stereocenters. The summed E-state index contributed by atoms with van der Waals surface area (Å²) in [6, 6.07) is 0. The maximum absolute atomic E-state index is 11.6. The predicted octanol–water partition coefficient (Wildman–Crippen LogP) is 1.78. The molecule has 0 rings (SSSR count). The van der Waals surface area contributed by atoms with Gasteiger partial charge in [0.1, 0.15) is 6.67 Å². The second kappa shape index (κ2) is 4.90. The third kappa shape index (κ3) is 4.00. The Labute approximate surface area is 60.0 Å². The highest BCUT2D eigenvalue weighted by Crippen LogP contribution is 1.95. The highest BCUT2D eigenvalue weighted by Gasteiger charge is 1.90. The number of halogens is 1. The molecule has 0 aliphatic rings. The van der Waals surface area contributed by atoms with Crippen molar-refractivity contribution in [2.24, 2.45) is 5.11 Å². The molecule has 0 aliphatic heterocycles. The van der Waals surface area contributed by atoms with Crippen molar-refractivity contribution in [1.82, 2.24) is 4.90 Å². The van der Waals surface area contributed by atoms with E-state index in [1.807, 2.05) is 0 Å². The lowest BCUT2D eigenvalue weighted by Crippen LogP contribution is -2.13. The Bertz CT molecular complexity index is 133. The first-order valence-electron chi connectivity index (χ1n) is 3.02. The Morgan fingerprint density at radius 2 is 2.40 bits per heavy atom. The van der Waals surface area contributed by atoms with E-state index in [1.54, 1.807) is 25.1 Å². The standard InChI is InChI=1S/C6H12FN3/c1-6(9-8)5-10(2)4-3-7/h5,8H,3-4H2,1-2H3/b6-5-,9-8?. The molecule has 1 N–H and O–H groups in total. The first-order valence-corrected chi connectivity index (χ1v) is 3.02. The average Bonchev–Trinajstić information content (AvgIpc) is 1.88. The summed E-state index contributed by atoms with van der Waals surface area (Å²) in [6.07, 6.45) is 1.63. The van der Waals surface area contributed by atoms with Crippen molar-refractivity contribution in [2.75, 3.05) is 20.3 Å². The van der Waals surface area contributed by atoms with E-state index in [2.05, 4.69) is 5.11 Å².